The van der Waals surface area contributed by atoms with Crippen molar-refractivity contribution in [3.63, 3.8) is 0 Å². The van der Waals surface area contributed by atoms with Crippen molar-refractivity contribution in [1.29, 1.82) is 0 Å². The van der Waals surface area contributed by atoms with E-state index >= 15 is 0 Å². The van der Waals surface area contributed by atoms with Crippen molar-refractivity contribution >= 4 is 22.0 Å². The number of rotatable bonds is 3. The molecule has 5 heteroatoms. The quantitative estimate of drug-likeness (QED) is 0.792. The Kier molecular flexibility index (Phi) is 5.45. The molecule has 25 heavy (non-hydrogen) atoms. The third-order valence-corrected chi connectivity index (χ3v) is 6.85. The first-order valence-electron chi connectivity index (χ1n) is 9.27. The molecule has 1 aromatic rings. The first-order valence-corrected chi connectivity index (χ1v) is 10.1. The molecule has 0 radical (unpaired) electrons. The second-order valence-corrected chi connectivity index (χ2v) is 9.29. The Morgan fingerprint density at radius 1 is 1.08 bits per heavy atom. The van der Waals surface area contributed by atoms with Crippen molar-refractivity contribution < 1.29 is 9.90 Å². The van der Waals surface area contributed by atoms with Crippen LogP contribution in [0.15, 0.2) is 28.7 Å². The third kappa shape index (κ3) is 4.37. The van der Waals surface area contributed by atoms with Crippen LogP contribution in [0.25, 0.3) is 0 Å². The molecule has 4 nitrogen and oxygen atoms in total. The fourth-order valence-electron chi connectivity index (χ4n) is 4.47. The van der Waals surface area contributed by atoms with E-state index in [-0.39, 0.29) is 5.54 Å². The molecule has 0 atom stereocenters. The highest BCUT2D eigenvalue weighted by Gasteiger charge is 2.41. The van der Waals surface area contributed by atoms with E-state index in [0.29, 0.717) is 18.5 Å². The lowest BCUT2D eigenvalue weighted by Gasteiger charge is -2.50. The van der Waals surface area contributed by atoms with Gasteiger partial charge in [0.15, 0.2) is 0 Å². The summed E-state index contributed by atoms with van der Waals surface area (Å²) in [5.41, 5.74) is 1.90. The van der Waals surface area contributed by atoms with Crippen LogP contribution in [0.1, 0.15) is 45.1 Å². The van der Waals surface area contributed by atoms with Gasteiger partial charge in [-0.25, -0.2) is 4.79 Å². The Morgan fingerprint density at radius 3 is 2.12 bits per heavy atom. The largest absolute Gasteiger partial charge is 0.465 e. The van der Waals surface area contributed by atoms with Gasteiger partial charge in [-0.3, -0.25) is 4.90 Å². The van der Waals surface area contributed by atoms with Gasteiger partial charge < -0.3 is 10.0 Å². The van der Waals surface area contributed by atoms with E-state index in [4.69, 9.17) is 5.11 Å². The number of piperidine rings is 2. The lowest BCUT2D eigenvalue weighted by molar-refractivity contribution is 0.000984. The van der Waals surface area contributed by atoms with E-state index in [1.54, 1.807) is 4.90 Å². The minimum atomic E-state index is -0.761. The molecular formula is C20H29BrN2O2. The molecule has 0 bridgehead atoms. The summed E-state index contributed by atoms with van der Waals surface area (Å²) in [5, 5.41) is 9.15. The van der Waals surface area contributed by atoms with Crippen LogP contribution in [-0.2, 0) is 6.42 Å². The number of hydrogen-bond acceptors (Lipinski definition) is 2. The van der Waals surface area contributed by atoms with Crippen molar-refractivity contribution in [2.45, 2.75) is 51.5 Å². The molecule has 0 unspecified atom stereocenters. The van der Waals surface area contributed by atoms with Gasteiger partial charge in [0, 0.05) is 23.1 Å². The van der Waals surface area contributed by atoms with Crippen LogP contribution < -0.4 is 0 Å². The van der Waals surface area contributed by atoms with Gasteiger partial charge in [0.2, 0.25) is 0 Å². The third-order valence-electron chi connectivity index (χ3n) is 6.32. The average molecular weight is 409 g/mol. The molecule has 2 aliphatic heterocycles. The number of likely N-dealkylation sites (tertiary alicyclic amines) is 2. The first-order chi connectivity index (χ1) is 11.8. The Bertz CT molecular complexity index is 597. The molecule has 2 saturated heterocycles. The predicted octanol–water partition coefficient (Wildman–Crippen LogP) is 4.63. The van der Waals surface area contributed by atoms with E-state index < -0.39 is 6.09 Å². The highest BCUT2D eigenvalue weighted by molar-refractivity contribution is 9.10. The number of amides is 1. The van der Waals surface area contributed by atoms with Crippen LogP contribution in [0.5, 0.6) is 0 Å². The van der Waals surface area contributed by atoms with Crippen LogP contribution in [-0.4, -0.2) is 52.7 Å². The van der Waals surface area contributed by atoms with Crippen LogP contribution >= 0.6 is 15.9 Å². The van der Waals surface area contributed by atoms with Crippen molar-refractivity contribution in [3.8, 4) is 0 Å². The highest BCUT2D eigenvalue weighted by Crippen LogP contribution is 2.42. The van der Waals surface area contributed by atoms with Crippen molar-refractivity contribution in [2.24, 2.45) is 5.41 Å². The SMILES string of the molecule is CC(C)(Cc1ccc(Br)cc1)N1CCC2(CCN(C(=O)O)CC2)CC1. The molecule has 2 aliphatic rings. The van der Waals surface area contributed by atoms with Gasteiger partial charge in [0.05, 0.1) is 0 Å². The van der Waals surface area contributed by atoms with Gasteiger partial charge in [0.25, 0.3) is 0 Å². The van der Waals surface area contributed by atoms with Gasteiger partial charge in [0.1, 0.15) is 0 Å². The van der Waals surface area contributed by atoms with E-state index in [1.165, 1.54) is 18.4 Å². The average Bonchev–Trinajstić information content (AvgIpc) is 2.58. The van der Waals surface area contributed by atoms with Crippen LogP contribution in [0.3, 0.4) is 0 Å². The fraction of sp³-hybridized carbons (Fsp3) is 0.650. The van der Waals surface area contributed by atoms with Crippen LogP contribution in [0.2, 0.25) is 0 Å². The molecule has 0 aliphatic carbocycles. The summed E-state index contributed by atoms with van der Waals surface area (Å²) in [6.07, 6.45) is 4.75. The Morgan fingerprint density at radius 2 is 1.60 bits per heavy atom. The minimum Gasteiger partial charge on any atom is -0.465 e. The number of halogens is 1. The molecule has 2 fully saturated rings. The maximum Gasteiger partial charge on any atom is 0.407 e. The number of carbonyl (C=O) groups is 1. The van der Waals surface area contributed by atoms with Crippen molar-refractivity contribution in [1.82, 2.24) is 9.80 Å². The summed E-state index contributed by atoms with van der Waals surface area (Å²) in [4.78, 5) is 15.3. The summed E-state index contributed by atoms with van der Waals surface area (Å²) < 4.78 is 1.13. The Labute approximate surface area is 159 Å². The van der Waals surface area contributed by atoms with Crippen LogP contribution in [0.4, 0.5) is 4.79 Å². The van der Waals surface area contributed by atoms with Gasteiger partial charge in [-0.1, -0.05) is 28.1 Å². The zero-order valence-corrected chi connectivity index (χ0v) is 16.9. The molecular weight excluding hydrogens is 380 g/mol. The lowest BCUT2D eigenvalue weighted by atomic mass is 9.70. The molecule has 1 amide bonds. The second kappa shape index (κ2) is 7.28. The maximum atomic E-state index is 11.1. The molecule has 3 rings (SSSR count). The topological polar surface area (TPSA) is 43.8 Å². The highest BCUT2D eigenvalue weighted by atomic mass is 79.9. The standard InChI is InChI=1S/C20H29BrN2O2/c1-19(2,15-16-3-5-17(21)6-4-16)23-13-9-20(10-14-23)7-11-22(12-8-20)18(24)25/h3-6H,7-15H2,1-2H3,(H,24,25). The molecule has 0 saturated carbocycles. The molecule has 0 aromatic heterocycles. The van der Waals surface area contributed by atoms with E-state index in [9.17, 15) is 4.79 Å². The number of benzene rings is 1. The van der Waals surface area contributed by atoms with Crippen molar-refractivity contribution in [2.75, 3.05) is 26.2 Å². The van der Waals surface area contributed by atoms with Crippen molar-refractivity contribution in [3.05, 3.63) is 34.3 Å². The molecule has 1 N–H and O–H groups in total. The molecule has 1 aromatic carbocycles. The monoisotopic (exact) mass is 408 g/mol. The Balaban J connectivity index is 1.56. The molecule has 1 spiro atoms. The number of nitrogens with zero attached hydrogens (tertiary/aromatic N) is 2. The summed E-state index contributed by atoms with van der Waals surface area (Å²) in [5.74, 6) is 0. The Hall–Kier alpha value is -1.07. The zero-order chi connectivity index (χ0) is 18.1. The maximum absolute atomic E-state index is 11.1. The van der Waals surface area contributed by atoms with Crippen LogP contribution in [0, 0.1) is 5.41 Å². The van der Waals surface area contributed by atoms with E-state index in [0.717, 1.165) is 36.8 Å². The minimum absolute atomic E-state index is 0.150. The van der Waals surface area contributed by atoms with Gasteiger partial charge in [-0.15, -0.1) is 0 Å². The summed E-state index contributed by atoms with van der Waals surface area (Å²) in [6.45, 7) is 8.35. The van der Waals surface area contributed by atoms with Gasteiger partial charge in [-0.05, 0) is 82.2 Å². The number of hydrogen-bond donors (Lipinski definition) is 1. The predicted molar refractivity (Wildman–Crippen MR) is 104 cm³/mol. The van der Waals surface area contributed by atoms with Gasteiger partial charge in [-0.2, -0.15) is 0 Å². The zero-order valence-electron chi connectivity index (χ0n) is 15.3. The van der Waals surface area contributed by atoms with E-state index in [1.807, 2.05) is 0 Å². The van der Waals surface area contributed by atoms with Gasteiger partial charge >= 0.3 is 6.09 Å². The van der Waals surface area contributed by atoms with E-state index in [2.05, 4.69) is 58.9 Å². The molecule has 138 valence electrons. The first kappa shape index (κ1) is 18.7. The summed E-state index contributed by atoms with van der Waals surface area (Å²) in [6, 6.07) is 8.65. The second-order valence-electron chi connectivity index (χ2n) is 8.37. The molecule has 2 heterocycles. The lowest BCUT2D eigenvalue weighted by Crippen LogP contribution is -2.54. The fourth-order valence-corrected chi connectivity index (χ4v) is 4.74. The normalized spacial score (nSPS) is 21.5. The smallest absolute Gasteiger partial charge is 0.407 e. The number of carboxylic acid groups (broad SMARTS) is 1. The summed E-state index contributed by atoms with van der Waals surface area (Å²) >= 11 is 3.50. The summed E-state index contributed by atoms with van der Waals surface area (Å²) in [7, 11) is 0.